The number of aliphatic hydroxyl groups is 1. The lowest BCUT2D eigenvalue weighted by molar-refractivity contribution is 0.211. The zero-order valence-corrected chi connectivity index (χ0v) is 11.4. The Morgan fingerprint density at radius 3 is 2.72 bits per heavy atom. The fraction of sp³-hybridized carbons (Fsp3) is 0.571. The van der Waals surface area contributed by atoms with E-state index in [0.717, 1.165) is 12.2 Å². The van der Waals surface area contributed by atoms with E-state index in [1.807, 2.05) is 6.07 Å². The molecule has 0 aromatic heterocycles. The number of halogens is 1. The van der Waals surface area contributed by atoms with Crippen LogP contribution in [-0.2, 0) is 6.54 Å². The van der Waals surface area contributed by atoms with Crippen LogP contribution in [0, 0.1) is 0 Å². The lowest BCUT2D eigenvalue weighted by Crippen LogP contribution is -2.23. The van der Waals surface area contributed by atoms with Gasteiger partial charge in [0.1, 0.15) is 0 Å². The lowest BCUT2D eigenvalue weighted by Gasteiger charge is -2.19. The van der Waals surface area contributed by atoms with Gasteiger partial charge in [-0.25, -0.2) is 0 Å². The number of hydrogen-bond acceptors (Lipinski definition) is 3. The van der Waals surface area contributed by atoms with Gasteiger partial charge >= 0.3 is 0 Å². The molecular formula is C14H21ClN2O. The maximum absolute atomic E-state index is 9.49. The number of anilines is 1. The summed E-state index contributed by atoms with van der Waals surface area (Å²) in [6.07, 6.45) is 2.12. The van der Waals surface area contributed by atoms with E-state index < -0.39 is 6.10 Å². The van der Waals surface area contributed by atoms with Crippen LogP contribution in [0.3, 0.4) is 0 Å². The smallest absolute Gasteiger partial charge is 0.0847 e. The minimum absolute atomic E-state index is 0.265. The summed E-state index contributed by atoms with van der Waals surface area (Å²) >= 11 is 5.60. The van der Waals surface area contributed by atoms with Crippen molar-refractivity contribution in [3.05, 3.63) is 29.8 Å². The molecule has 0 bridgehead atoms. The molecule has 2 rings (SSSR count). The largest absolute Gasteiger partial charge is 0.390 e. The van der Waals surface area contributed by atoms with Crippen LogP contribution in [0.5, 0.6) is 0 Å². The van der Waals surface area contributed by atoms with Crippen molar-refractivity contribution >= 4 is 17.3 Å². The van der Waals surface area contributed by atoms with Crippen molar-refractivity contribution in [2.24, 2.45) is 0 Å². The molecule has 4 heteroatoms. The standard InChI is InChI=1S/C14H21ClN2O/c15-9-13(18)10-16-14-6-2-1-5-12(14)11-17-7-3-4-8-17/h1-2,5-6,13,16,18H,3-4,7-11H2. The maximum Gasteiger partial charge on any atom is 0.0847 e. The molecule has 0 radical (unpaired) electrons. The predicted octanol–water partition coefficient (Wildman–Crippen LogP) is 2.29. The SMILES string of the molecule is OC(CCl)CNc1ccccc1CN1CCCC1. The Morgan fingerprint density at radius 1 is 1.28 bits per heavy atom. The van der Waals surface area contributed by atoms with Crippen LogP contribution >= 0.6 is 11.6 Å². The molecule has 0 amide bonds. The molecule has 1 aromatic rings. The zero-order chi connectivity index (χ0) is 12.8. The third kappa shape index (κ3) is 3.87. The summed E-state index contributed by atoms with van der Waals surface area (Å²) in [5.41, 5.74) is 2.40. The van der Waals surface area contributed by atoms with Crippen molar-refractivity contribution < 1.29 is 5.11 Å². The Hall–Kier alpha value is -0.770. The van der Waals surface area contributed by atoms with Gasteiger partial charge in [0.25, 0.3) is 0 Å². The molecule has 1 saturated heterocycles. The fourth-order valence-electron chi connectivity index (χ4n) is 2.29. The van der Waals surface area contributed by atoms with Gasteiger partial charge in [-0.15, -0.1) is 11.6 Å². The first-order valence-electron chi connectivity index (χ1n) is 6.58. The summed E-state index contributed by atoms with van der Waals surface area (Å²) in [5.74, 6) is 0.265. The van der Waals surface area contributed by atoms with Crippen LogP contribution in [0.1, 0.15) is 18.4 Å². The molecule has 1 aliphatic heterocycles. The molecule has 0 saturated carbocycles. The average Bonchev–Trinajstić information content (AvgIpc) is 2.90. The Bertz CT molecular complexity index is 367. The van der Waals surface area contributed by atoms with Crippen LogP contribution in [0.2, 0.25) is 0 Å². The van der Waals surface area contributed by atoms with Gasteiger partial charge < -0.3 is 10.4 Å². The molecule has 1 aliphatic rings. The normalized spacial score (nSPS) is 17.9. The Labute approximate surface area is 114 Å². The second kappa shape index (κ2) is 6.98. The molecule has 18 heavy (non-hydrogen) atoms. The van der Waals surface area contributed by atoms with E-state index in [0.29, 0.717) is 6.54 Å². The van der Waals surface area contributed by atoms with Gasteiger partial charge in [-0.3, -0.25) is 4.90 Å². The van der Waals surface area contributed by atoms with Crippen molar-refractivity contribution in [3.63, 3.8) is 0 Å². The number of para-hydroxylation sites is 1. The number of aliphatic hydroxyl groups excluding tert-OH is 1. The molecule has 0 spiro atoms. The number of hydrogen-bond donors (Lipinski definition) is 2. The molecule has 1 unspecified atom stereocenters. The van der Waals surface area contributed by atoms with Gasteiger partial charge in [-0.2, -0.15) is 0 Å². The molecule has 1 atom stereocenters. The zero-order valence-electron chi connectivity index (χ0n) is 10.6. The highest BCUT2D eigenvalue weighted by Crippen LogP contribution is 2.19. The molecule has 1 heterocycles. The highest BCUT2D eigenvalue weighted by molar-refractivity contribution is 6.18. The minimum atomic E-state index is -0.494. The van der Waals surface area contributed by atoms with Gasteiger partial charge in [0.15, 0.2) is 0 Å². The Balaban J connectivity index is 1.95. The van der Waals surface area contributed by atoms with Crippen molar-refractivity contribution in [2.75, 3.05) is 30.8 Å². The molecule has 100 valence electrons. The molecule has 0 aliphatic carbocycles. The number of nitrogens with zero attached hydrogens (tertiary/aromatic N) is 1. The lowest BCUT2D eigenvalue weighted by atomic mass is 10.1. The molecule has 2 N–H and O–H groups in total. The third-order valence-corrected chi connectivity index (χ3v) is 3.67. The summed E-state index contributed by atoms with van der Waals surface area (Å²) < 4.78 is 0. The topological polar surface area (TPSA) is 35.5 Å². The average molecular weight is 269 g/mol. The first-order chi connectivity index (χ1) is 8.79. The van der Waals surface area contributed by atoms with Crippen LogP contribution in [0.25, 0.3) is 0 Å². The van der Waals surface area contributed by atoms with E-state index >= 15 is 0 Å². The van der Waals surface area contributed by atoms with E-state index in [4.69, 9.17) is 11.6 Å². The quantitative estimate of drug-likeness (QED) is 0.777. The first-order valence-corrected chi connectivity index (χ1v) is 7.11. The van der Waals surface area contributed by atoms with Crippen LogP contribution in [0.15, 0.2) is 24.3 Å². The number of alkyl halides is 1. The molecule has 3 nitrogen and oxygen atoms in total. The van der Waals surface area contributed by atoms with E-state index in [2.05, 4.69) is 28.4 Å². The Morgan fingerprint density at radius 2 is 2.00 bits per heavy atom. The molecular weight excluding hydrogens is 248 g/mol. The number of nitrogens with one attached hydrogen (secondary N) is 1. The fourth-order valence-corrected chi connectivity index (χ4v) is 2.40. The van der Waals surface area contributed by atoms with Crippen molar-refractivity contribution in [1.29, 1.82) is 0 Å². The van der Waals surface area contributed by atoms with E-state index in [1.165, 1.54) is 31.5 Å². The van der Waals surface area contributed by atoms with Gasteiger partial charge in [0.2, 0.25) is 0 Å². The molecule has 1 fully saturated rings. The summed E-state index contributed by atoms with van der Waals surface area (Å²) in [4.78, 5) is 2.47. The van der Waals surface area contributed by atoms with Crippen molar-refractivity contribution in [1.82, 2.24) is 4.90 Å². The minimum Gasteiger partial charge on any atom is -0.390 e. The summed E-state index contributed by atoms with van der Waals surface area (Å²) in [6.45, 7) is 3.87. The van der Waals surface area contributed by atoms with E-state index in [1.54, 1.807) is 0 Å². The van der Waals surface area contributed by atoms with Gasteiger partial charge in [0.05, 0.1) is 12.0 Å². The third-order valence-electron chi connectivity index (χ3n) is 3.32. The summed E-state index contributed by atoms with van der Waals surface area (Å²) in [6, 6.07) is 8.29. The number of benzene rings is 1. The highest BCUT2D eigenvalue weighted by Gasteiger charge is 2.13. The second-order valence-corrected chi connectivity index (χ2v) is 5.14. The van der Waals surface area contributed by atoms with Crippen LogP contribution < -0.4 is 5.32 Å². The number of rotatable bonds is 6. The second-order valence-electron chi connectivity index (χ2n) is 4.83. The van der Waals surface area contributed by atoms with Crippen LogP contribution in [0.4, 0.5) is 5.69 Å². The summed E-state index contributed by atoms with van der Waals surface area (Å²) in [7, 11) is 0. The number of likely N-dealkylation sites (tertiary alicyclic amines) is 1. The predicted molar refractivity (Wildman–Crippen MR) is 76.2 cm³/mol. The Kier molecular flexibility index (Phi) is 5.29. The highest BCUT2D eigenvalue weighted by atomic mass is 35.5. The maximum atomic E-state index is 9.49. The van der Waals surface area contributed by atoms with Crippen LogP contribution in [-0.4, -0.2) is 41.6 Å². The first kappa shape index (κ1) is 13.7. The summed E-state index contributed by atoms with van der Waals surface area (Å²) in [5, 5.41) is 12.8. The van der Waals surface area contributed by atoms with Gasteiger partial charge in [-0.05, 0) is 37.6 Å². The van der Waals surface area contributed by atoms with E-state index in [-0.39, 0.29) is 5.88 Å². The van der Waals surface area contributed by atoms with Gasteiger partial charge in [0, 0.05) is 18.8 Å². The van der Waals surface area contributed by atoms with E-state index in [9.17, 15) is 5.11 Å². The van der Waals surface area contributed by atoms with Gasteiger partial charge in [-0.1, -0.05) is 18.2 Å². The van der Waals surface area contributed by atoms with Crippen molar-refractivity contribution in [2.45, 2.75) is 25.5 Å². The monoisotopic (exact) mass is 268 g/mol. The molecule has 1 aromatic carbocycles. The van der Waals surface area contributed by atoms with Crippen molar-refractivity contribution in [3.8, 4) is 0 Å².